The Bertz CT molecular complexity index is 282. The summed E-state index contributed by atoms with van der Waals surface area (Å²) in [5.41, 5.74) is -0.365. The van der Waals surface area contributed by atoms with Gasteiger partial charge in [0.15, 0.2) is 0 Å². The van der Waals surface area contributed by atoms with Gasteiger partial charge in [0, 0.05) is 12.1 Å². The highest BCUT2D eigenvalue weighted by Crippen LogP contribution is 2.21. The molecule has 3 heteroatoms. The molecule has 1 rings (SSSR count). The van der Waals surface area contributed by atoms with E-state index >= 15 is 0 Å². The normalized spacial score (nSPS) is 24.1. The van der Waals surface area contributed by atoms with Crippen molar-refractivity contribution in [3.05, 3.63) is 0 Å². The SMILES string of the molecule is CCC1CCCN1CCCC(C)(C#N)NC(C)C. The molecule has 1 saturated heterocycles. The van der Waals surface area contributed by atoms with Crippen LogP contribution in [0.25, 0.3) is 0 Å². The summed E-state index contributed by atoms with van der Waals surface area (Å²) in [7, 11) is 0. The quantitative estimate of drug-likeness (QED) is 0.756. The maximum Gasteiger partial charge on any atom is 0.104 e. The molecule has 2 atom stereocenters. The molecule has 18 heavy (non-hydrogen) atoms. The third-order valence-electron chi connectivity index (χ3n) is 3.95. The van der Waals surface area contributed by atoms with Gasteiger partial charge in [-0.25, -0.2) is 0 Å². The minimum atomic E-state index is -0.365. The van der Waals surface area contributed by atoms with Gasteiger partial charge in [0.1, 0.15) is 5.54 Å². The van der Waals surface area contributed by atoms with Gasteiger partial charge in [-0.05, 0) is 66.0 Å². The molecule has 0 bridgehead atoms. The van der Waals surface area contributed by atoms with Crippen molar-refractivity contribution in [1.82, 2.24) is 10.2 Å². The number of nitrogens with zero attached hydrogens (tertiary/aromatic N) is 2. The third-order valence-corrected chi connectivity index (χ3v) is 3.95. The molecule has 0 aromatic rings. The van der Waals surface area contributed by atoms with Crippen LogP contribution in [0, 0.1) is 11.3 Å². The Morgan fingerprint density at radius 1 is 1.50 bits per heavy atom. The zero-order chi connectivity index (χ0) is 13.6. The summed E-state index contributed by atoms with van der Waals surface area (Å²) in [5.74, 6) is 0. The standard InChI is InChI=1S/C15H29N3/c1-5-14-8-6-10-18(14)11-7-9-15(4,12-16)17-13(2)3/h13-14,17H,5-11H2,1-4H3. The highest BCUT2D eigenvalue weighted by molar-refractivity contribution is 5.04. The molecule has 1 heterocycles. The molecule has 1 N–H and O–H groups in total. The molecule has 2 unspecified atom stereocenters. The van der Waals surface area contributed by atoms with Crippen molar-refractivity contribution in [2.24, 2.45) is 0 Å². The van der Waals surface area contributed by atoms with Crippen molar-refractivity contribution in [2.75, 3.05) is 13.1 Å². The highest BCUT2D eigenvalue weighted by Gasteiger charge is 2.26. The Morgan fingerprint density at radius 2 is 2.22 bits per heavy atom. The van der Waals surface area contributed by atoms with Gasteiger partial charge in [-0.15, -0.1) is 0 Å². The Hall–Kier alpha value is -0.590. The van der Waals surface area contributed by atoms with E-state index in [9.17, 15) is 5.26 Å². The van der Waals surface area contributed by atoms with Crippen molar-refractivity contribution in [2.45, 2.75) is 77.4 Å². The Balaban J connectivity index is 2.33. The fraction of sp³-hybridized carbons (Fsp3) is 0.933. The van der Waals surface area contributed by atoms with Crippen LogP contribution in [0.15, 0.2) is 0 Å². The Labute approximate surface area is 113 Å². The lowest BCUT2D eigenvalue weighted by atomic mass is 9.96. The summed E-state index contributed by atoms with van der Waals surface area (Å²) < 4.78 is 0. The molecule has 0 spiro atoms. The lowest BCUT2D eigenvalue weighted by molar-refractivity contribution is 0.233. The van der Waals surface area contributed by atoms with Crippen LogP contribution >= 0.6 is 0 Å². The van der Waals surface area contributed by atoms with Gasteiger partial charge in [-0.1, -0.05) is 6.92 Å². The number of nitriles is 1. The molecule has 0 aromatic carbocycles. The van der Waals surface area contributed by atoms with Crippen molar-refractivity contribution in [1.29, 1.82) is 5.26 Å². The topological polar surface area (TPSA) is 39.1 Å². The first-order valence-corrected chi connectivity index (χ1v) is 7.43. The first-order valence-electron chi connectivity index (χ1n) is 7.43. The number of hydrogen-bond donors (Lipinski definition) is 1. The molecular weight excluding hydrogens is 222 g/mol. The van der Waals surface area contributed by atoms with E-state index in [0.29, 0.717) is 6.04 Å². The second-order valence-electron chi connectivity index (χ2n) is 6.09. The zero-order valence-corrected chi connectivity index (χ0v) is 12.5. The average molecular weight is 251 g/mol. The minimum Gasteiger partial charge on any atom is -0.300 e. The lowest BCUT2D eigenvalue weighted by Crippen LogP contribution is -2.45. The van der Waals surface area contributed by atoms with Gasteiger partial charge in [0.2, 0.25) is 0 Å². The Kier molecular flexibility index (Phi) is 6.11. The summed E-state index contributed by atoms with van der Waals surface area (Å²) in [5, 5.41) is 12.7. The molecule has 3 nitrogen and oxygen atoms in total. The van der Waals surface area contributed by atoms with Crippen LogP contribution in [0.2, 0.25) is 0 Å². The summed E-state index contributed by atoms with van der Waals surface area (Å²) in [6, 6.07) is 3.58. The molecule has 1 aliphatic rings. The predicted octanol–water partition coefficient (Wildman–Crippen LogP) is 2.92. The predicted molar refractivity (Wildman–Crippen MR) is 76.4 cm³/mol. The van der Waals surface area contributed by atoms with E-state index in [1.165, 1.54) is 25.8 Å². The minimum absolute atomic E-state index is 0.365. The van der Waals surface area contributed by atoms with E-state index in [-0.39, 0.29) is 5.54 Å². The van der Waals surface area contributed by atoms with Crippen LogP contribution in [0.4, 0.5) is 0 Å². The van der Waals surface area contributed by atoms with Crippen LogP contribution in [0.5, 0.6) is 0 Å². The molecule has 1 aliphatic heterocycles. The van der Waals surface area contributed by atoms with Crippen LogP contribution in [-0.2, 0) is 0 Å². The van der Waals surface area contributed by atoms with Gasteiger partial charge in [-0.2, -0.15) is 5.26 Å². The second-order valence-corrected chi connectivity index (χ2v) is 6.09. The van der Waals surface area contributed by atoms with E-state index in [4.69, 9.17) is 0 Å². The first-order chi connectivity index (χ1) is 8.50. The summed E-state index contributed by atoms with van der Waals surface area (Å²) >= 11 is 0. The number of likely N-dealkylation sites (tertiary alicyclic amines) is 1. The summed E-state index contributed by atoms with van der Waals surface area (Å²) in [4.78, 5) is 2.60. The molecular formula is C15H29N3. The maximum atomic E-state index is 9.30. The van der Waals surface area contributed by atoms with E-state index in [2.05, 4.69) is 37.1 Å². The number of hydrogen-bond acceptors (Lipinski definition) is 3. The van der Waals surface area contributed by atoms with Crippen molar-refractivity contribution in [3.63, 3.8) is 0 Å². The van der Waals surface area contributed by atoms with Crippen molar-refractivity contribution < 1.29 is 0 Å². The maximum absolute atomic E-state index is 9.30. The monoisotopic (exact) mass is 251 g/mol. The molecule has 0 saturated carbocycles. The summed E-state index contributed by atoms with van der Waals surface area (Å²) in [6.07, 6.45) is 6.02. The van der Waals surface area contributed by atoms with Crippen LogP contribution < -0.4 is 5.32 Å². The number of nitrogens with one attached hydrogen (secondary N) is 1. The smallest absolute Gasteiger partial charge is 0.104 e. The molecule has 0 aliphatic carbocycles. The molecule has 0 amide bonds. The van der Waals surface area contributed by atoms with Gasteiger partial charge < -0.3 is 4.90 Å². The fourth-order valence-electron chi connectivity index (χ4n) is 3.09. The zero-order valence-electron chi connectivity index (χ0n) is 12.5. The van der Waals surface area contributed by atoms with E-state index in [1.54, 1.807) is 0 Å². The second kappa shape index (κ2) is 7.11. The largest absolute Gasteiger partial charge is 0.300 e. The number of rotatable bonds is 7. The third kappa shape index (κ3) is 4.59. The average Bonchev–Trinajstić information content (AvgIpc) is 2.75. The Morgan fingerprint density at radius 3 is 2.78 bits per heavy atom. The van der Waals surface area contributed by atoms with Crippen LogP contribution in [0.3, 0.4) is 0 Å². The first kappa shape index (κ1) is 15.5. The summed E-state index contributed by atoms with van der Waals surface area (Å²) in [6.45, 7) is 10.9. The van der Waals surface area contributed by atoms with Gasteiger partial charge in [-0.3, -0.25) is 5.32 Å². The van der Waals surface area contributed by atoms with Crippen LogP contribution in [-0.4, -0.2) is 35.6 Å². The molecule has 0 radical (unpaired) electrons. The van der Waals surface area contributed by atoms with Crippen molar-refractivity contribution in [3.8, 4) is 6.07 Å². The fourth-order valence-corrected chi connectivity index (χ4v) is 3.09. The van der Waals surface area contributed by atoms with Crippen molar-refractivity contribution >= 4 is 0 Å². The molecule has 104 valence electrons. The van der Waals surface area contributed by atoms with E-state index in [1.807, 2.05) is 6.92 Å². The van der Waals surface area contributed by atoms with Gasteiger partial charge >= 0.3 is 0 Å². The molecule has 0 aromatic heterocycles. The van der Waals surface area contributed by atoms with Crippen LogP contribution in [0.1, 0.15) is 59.8 Å². The molecule has 1 fully saturated rings. The highest BCUT2D eigenvalue weighted by atomic mass is 15.2. The van der Waals surface area contributed by atoms with Gasteiger partial charge in [0.05, 0.1) is 6.07 Å². The lowest BCUT2D eigenvalue weighted by Gasteiger charge is -2.28. The van der Waals surface area contributed by atoms with E-state index in [0.717, 1.165) is 25.4 Å². The van der Waals surface area contributed by atoms with Gasteiger partial charge in [0.25, 0.3) is 0 Å². The van der Waals surface area contributed by atoms with E-state index < -0.39 is 0 Å².